The number of quaternary nitrogens is 4. The molecule has 0 saturated carbocycles. The topological polar surface area (TPSA) is 1110 Å². The summed E-state index contributed by atoms with van der Waals surface area (Å²) in [4.78, 5) is 25.6. The van der Waals surface area contributed by atoms with E-state index in [0.717, 1.165) is 0 Å². The maximum Gasteiger partial charge on any atom is 0.0786 e. The van der Waals surface area contributed by atoms with Gasteiger partial charge in [-0.15, -0.1) is 0 Å². The van der Waals surface area contributed by atoms with Crippen LogP contribution in [0.3, 0.4) is 0 Å². The Labute approximate surface area is 906 Å². The monoisotopic (exact) mass is 3850 g/mol. The average molecular weight is 3850 g/mol. The van der Waals surface area contributed by atoms with Gasteiger partial charge in [0.25, 0.3) is 0 Å². The molecule has 0 rings (SSSR count). The van der Waals surface area contributed by atoms with E-state index in [4.69, 9.17) is 19.2 Å². The second kappa shape index (κ2) is 279. The van der Waals surface area contributed by atoms with Crippen LogP contribution in [0.25, 0.3) is 0 Å². The Morgan fingerprint density at radius 2 is 0.165 bits per heavy atom. The summed E-state index contributed by atoms with van der Waals surface area (Å²) >= 11 is 0. The molecule has 808 valence electrons. The van der Waals surface area contributed by atoms with Crippen LogP contribution in [0.2, 0.25) is 0 Å². The molecule has 121 heavy (non-hydrogen) atoms. The van der Waals surface area contributed by atoms with Crippen molar-refractivity contribution in [2.75, 3.05) is 105 Å². The van der Waals surface area contributed by atoms with E-state index in [-0.39, 0.29) is 450 Å². The van der Waals surface area contributed by atoms with E-state index >= 15 is 0 Å². The van der Waals surface area contributed by atoms with Gasteiger partial charge in [-0.2, -0.15) is 7.82 Å². The van der Waals surface area contributed by atoms with Crippen molar-refractivity contribution in [3.63, 3.8) is 0 Å². The van der Waals surface area contributed by atoms with Gasteiger partial charge in [-0.05, 0) is 103 Å². The van der Waals surface area contributed by atoms with Crippen molar-refractivity contribution in [3.8, 4) is 0 Å². The van der Waals surface area contributed by atoms with Gasteiger partial charge in [-0.1, -0.05) is 214 Å². The molecule has 0 radical (unpaired) electrons. The van der Waals surface area contributed by atoms with Crippen LogP contribution in [-0.2, 0) is 454 Å². The summed E-state index contributed by atoms with van der Waals surface area (Å²) in [6, 6.07) is 0. The fourth-order valence-corrected chi connectivity index (χ4v) is 10.6. The largest absolute Gasteiger partial charge is 2.00 e. The minimum absolute atomic E-state index is 0. The standard InChI is InChI=1S/4C16H36N.H3O4P.36O.12W/c4*1-5-9-13-17(14-10-6-2,15-11-7-3)16-12-8-4;1-5(2,3)4;;;;;;;;;;;;;;;;;;;;;;;;;;;;;;;;;;;;;;;;;;;;;;;;/h4*5-16H2,1-4H3;(H3,1,2,3,4);;;;;;;;;;;;;;;;;;;;;;;;;;;;;;;;;;;;;;;;;;;;;;;;/q4*+1;;36*-2;;;;;;;;;;;;/p-3. The van der Waals surface area contributed by atoms with Gasteiger partial charge >= 0.3 is 0 Å². The van der Waals surface area contributed by atoms with Crippen LogP contribution in [0.1, 0.15) is 316 Å². The van der Waals surface area contributed by atoms with Crippen LogP contribution in [-0.4, -0.2) is 123 Å². The quantitative estimate of drug-likeness (QED) is 0.0423. The number of rotatable bonds is 48. The predicted octanol–water partition coefficient (Wildman–Crippen LogP) is 12.9. The normalized spacial score (nSPS) is 7.23. The summed E-state index contributed by atoms with van der Waals surface area (Å²) in [5, 5.41) is 0. The van der Waals surface area contributed by atoms with Gasteiger partial charge in [0.1, 0.15) is 0 Å². The molecule has 0 saturated heterocycles. The van der Waals surface area contributed by atoms with E-state index in [9.17, 15) is 0 Å². The summed E-state index contributed by atoms with van der Waals surface area (Å²) in [6.45, 7) is 60.1. The van der Waals surface area contributed by atoms with E-state index in [1.54, 1.807) is 0 Å². The molecule has 0 fully saturated rings. The van der Waals surface area contributed by atoms with Gasteiger partial charge in [0.05, 0.1) is 105 Å². The SMILES string of the molecule is CCCC[N+](CCCC)(CCCC)CCCC.CCCC[N+](CCCC)(CCCC)CCCC.CCCC[N+](CCCC)(CCCC)CCCC.CCCC[N+](CCCC)(CCCC)CCCC.O=P([O-])([O-])[O-].[O-2].[O-2].[O-2].[O-2].[O-2].[O-2].[O-2].[O-2].[O-2].[O-2].[O-2].[O-2].[O-2].[O-2].[O-2].[O-2].[O-2].[O-2].[O-2].[O-2].[O-2].[O-2].[O-2].[O-2].[O-2].[O-2].[O-2].[O-2].[O-2].[O-2].[O-2].[O-2].[O-2].[O-2].[O-2].[O-2].[W].[W].[W].[W].[W].[W].[W].[W].[W].[W].[W].[W]. The van der Waals surface area contributed by atoms with Gasteiger partial charge in [0.15, 0.2) is 0 Å². The zero-order chi connectivity index (χ0) is 56.4. The molecule has 0 amide bonds. The van der Waals surface area contributed by atoms with Crippen LogP contribution in [0.15, 0.2) is 0 Å². The third-order valence-electron chi connectivity index (χ3n) is 15.8. The Balaban J connectivity index is -0.00000000866. The van der Waals surface area contributed by atoms with Crippen LogP contribution >= 0.6 is 7.82 Å². The molecule has 0 aromatic heterocycles. The molecule has 0 aliphatic heterocycles. The zero-order valence-electron chi connectivity index (χ0n) is 73.4. The average Bonchev–Trinajstić information content (AvgIpc) is 3.39. The van der Waals surface area contributed by atoms with E-state index in [1.165, 1.54) is 328 Å². The second-order valence-corrected chi connectivity index (χ2v) is 23.9. The van der Waals surface area contributed by atoms with Crippen LogP contribution in [0, 0.1) is 0 Å². The van der Waals surface area contributed by atoms with Gasteiger partial charge in [-0.25, -0.2) is 0 Å². The number of unbranched alkanes of at least 4 members (excludes halogenated alkanes) is 16. The summed E-state index contributed by atoms with van der Waals surface area (Å²) < 4.78 is 14.2. The van der Waals surface area contributed by atoms with Gasteiger partial charge in [0.2, 0.25) is 0 Å². The second-order valence-electron chi connectivity index (χ2n) is 23.0. The van der Waals surface area contributed by atoms with Gasteiger partial charge in [-0.3, -0.25) is 0 Å². The van der Waals surface area contributed by atoms with Crippen molar-refractivity contribution in [3.05, 3.63) is 0 Å². The van der Waals surface area contributed by atoms with E-state index in [0.29, 0.717) is 0 Å². The summed E-state index contributed by atoms with van der Waals surface area (Å²) in [5.41, 5.74) is 0. The molecule has 44 nitrogen and oxygen atoms in total. The Kier molecular flexibility index (Phi) is 847. The first-order chi connectivity index (χ1) is 35.0. The predicted molar refractivity (Wildman–Crippen MR) is 350 cm³/mol. The first kappa shape index (κ1) is 367. The molecule has 0 bridgehead atoms. The molecule has 0 heterocycles. The number of phosphoric acid groups is 1. The van der Waals surface area contributed by atoms with Crippen LogP contribution in [0.4, 0.5) is 0 Å². The molecular formula is C64H144N4O40PW12-71. The molecule has 57 heteroatoms. The molecule has 0 N–H and O–H groups in total. The van der Waals surface area contributed by atoms with Crippen LogP contribution in [0.5, 0.6) is 0 Å². The minimum atomic E-state index is -5.39. The molecule has 0 aliphatic carbocycles. The third kappa shape index (κ3) is 262. The van der Waals surface area contributed by atoms with Crippen molar-refractivity contribution < 1.29 is 487 Å². The van der Waals surface area contributed by atoms with E-state index in [1.807, 2.05) is 0 Å². The van der Waals surface area contributed by atoms with Crippen molar-refractivity contribution in [2.24, 2.45) is 0 Å². The Morgan fingerprint density at radius 1 is 0.132 bits per heavy atom. The van der Waals surface area contributed by atoms with Gasteiger partial charge < -0.3 is 234 Å². The smallest absolute Gasteiger partial charge is 0.0786 e. The maximum absolute atomic E-state index is 8.55. The Morgan fingerprint density at radius 3 is 0.190 bits per heavy atom. The molecule has 0 unspecified atom stereocenters. The Bertz CT molecular complexity index is 910. The Hall–Kier alpha value is 6.77. The zero-order valence-corrected chi connectivity index (χ0v) is 110. The van der Waals surface area contributed by atoms with Crippen molar-refractivity contribution in [1.29, 1.82) is 0 Å². The van der Waals surface area contributed by atoms with Crippen LogP contribution < -0.4 is 14.7 Å². The van der Waals surface area contributed by atoms with Crippen molar-refractivity contribution in [2.45, 2.75) is 316 Å². The first-order valence-corrected chi connectivity index (χ1v) is 34.6. The van der Waals surface area contributed by atoms with Crippen molar-refractivity contribution >= 4 is 7.82 Å². The van der Waals surface area contributed by atoms with E-state index in [2.05, 4.69) is 111 Å². The van der Waals surface area contributed by atoms with Crippen molar-refractivity contribution in [1.82, 2.24) is 0 Å². The van der Waals surface area contributed by atoms with Gasteiger partial charge in [0, 0.05) is 253 Å². The molecule has 0 aliphatic rings. The maximum atomic E-state index is 8.55. The fourth-order valence-electron chi connectivity index (χ4n) is 10.6. The third-order valence-corrected chi connectivity index (χ3v) is 15.8. The summed E-state index contributed by atoms with van der Waals surface area (Å²) in [5.74, 6) is 0. The first-order valence-electron chi connectivity index (χ1n) is 33.1. The fraction of sp³-hybridized carbons (Fsp3) is 1.00. The summed E-state index contributed by atoms with van der Waals surface area (Å²) in [7, 11) is -5.39. The molecule has 0 spiro atoms. The molecule has 0 aromatic carbocycles. The van der Waals surface area contributed by atoms with E-state index < -0.39 is 7.82 Å². The molecular weight excluding hydrogens is 3700 g/mol. The number of hydrogen-bond donors (Lipinski definition) is 0. The molecule has 0 aromatic rings. The molecule has 0 atom stereocenters. The number of hydrogen-bond acceptors (Lipinski definition) is 4. The summed E-state index contributed by atoms with van der Waals surface area (Å²) in [6.07, 6.45) is 44.2. The minimum Gasteiger partial charge on any atom is -2.00 e. The number of nitrogens with zero attached hydrogens (tertiary/aromatic N) is 4.